The molecule has 1 unspecified atom stereocenters. The van der Waals surface area contributed by atoms with Gasteiger partial charge in [-0.05, 0) is 42.2 Å². The third-order valence-electron chi connectivity index (χ3n) is 4.01. The Kier molecular flexibility index (Phi) is 5.17. The van der Waals surface area contributed by atoms with Crippen LogP contribution in [0.3, 0.4) is 0 Å². The van der Waals surface area contributed by atoms with Gasteiger partial charge in [-0.1, -0.05) is 26.2 Å². The summed E-state index contributed by atoms with van der Waals surface area (Å²) in [5.41, 5.74) is 0.986. The number of amides is 1. The van der Waals surface area contributed by atoms with Crippen LogP contribution >= 0.6 is 11.3 Å². The molecule has 1 atom stereocenters. The second-order valence-corrected chi connectivity index (χ2v) is 6.23. The van der Waals surface area contributed by atoms with E-state index in [0.717, 1.165) is 37.7 Å². The number of thiophene rings is 1. The van der Waals surface area contributed by atoms with Crippen molar-refractivity contribution in [2.45, 2.75) is 51.5 Å². The van der Waals surface area contributed by atoms with Gasteiger partial charge in [-0.3, -0.25) is 4.79 Å². The molecular formula is C15H21NO3S. The van der Waals surface area contributed by atoms with Gasteiger partial charge >= 0.3 is 5.97 Å². The molecule has 1 aliphatic carbocycles. The minimum atomic E-state index is -0.917. The number of aryl methyl sites for hydroxylation is 1. The van der Waals surface area contributed by atoms with Gasteiger partial charge in [0, 0.05) is 0 Å². The molecule has 1 fully saturated rings. The Labute approximate surface area is 123 Å². The van der Waals surface area contributed by atoms with Gasteiger partial charge in [0.1, 0.15) is 6.04 Å². The first kappa shape index (κ1) is 15.0. The Morgan fingerprint density at radius 1 is 1.40 bits per heavy atom. The van der Waals surface area contributed by atoms with Gasteiger partial charge in [-0.25, -0.2) is 4.79 Å². The normalized spacial score (nSPS) is 17.6. The lowest BCUT2D eigenvalue weighted by Gasteiger charge is -2.28. The van der Waals surface area contributed by atoms with Crippen LogP contribution in [0.2, 0.25) is 0 Å². The molecule has 0 saturated heterocycles. The van der Waals surface area contributed by atoms with Crippen LogP contribution in [-0.4, -0.2) is 23.0 Å². The number of aliphatic carboxylic acids is 1. The van der Waals surface area contributed by atoms with Crippen LogP contribution < -0.4 is 5.32 Å². The van der Waals surface area contributed by atoms with Crippen LogP contribution in [0, 0.1) is 5.92 Å². The molecule has 1 saturated carbocycles. The fourth-order valence-electron chi connectivity index (χ4n) is 2.87. The zero-order chi connectivity index (χ0) is 14.5. The Morgan fingerprint density at radius 3 is 2.70 bits per heavy atom. The molecule has 2 N–H and O–H groups in total. The standard InChI is InChI=1S/C15H21NO3S/c1-2-10-8-9-20-13(10)14(17)16-12(15(18)19)11-6-4-3-5-7-11/h8-9,11-12H,2-7H2,1H3,(H,16,17)(H,18,19). The maximum absolute atomic E-state index is 12.3. The highest BCUT2D eigenvalue weighted by atomic mass is 32.1. The Balaban J connectivity index is 2.08. The van der Waals surface area contributed by atoms with Gasteiger partial charge in [0.25, 0.3) is 5.91 Å². The monoisotopic (exact) mass is 295 g/mol. The van der Waals surface area contributed by atoms with Gasteiger partial charge in [0.15, 0.2) is 0 Å². The summed E-state index contributed by atoms with van der Waals surface area (Å²) >= 11 is 1.38. The highest BCUT2D eigenvalue weighted by molar-refractivity contribution is 7.12. The van der Waals surface area contributed by atoms with E-state index < -0.39 is 12.0 Å². The summed E-state index contributed by atoms with van der Waals surface area (Å²) in [5.74, 6) is -1.09. The van der Waals surface area contributed by atoms with E-state index in [0.29, 0.717) is 4.88 Å². The molecule has 2 rings (SSSR count). The number of carboxylic acid groups (broad SMARTS) is 1. The summed E-state index contributed by atoms with van der Waals surface area (Å²) in [6.07, 6.45) is 5.85. The van der Waals surface area contributed by atoms with Crippen LogP contribution in [0.1, 0.15) is 54.3 Å². The number of carbonyl (C=O) groups excluding carboxylic acids is 1. The molecule has 0 bridgehead atoms. The Hall–Kier alpha value is -1.36. The smallest absolute Gasteiger partial charge is 0.326 e. The van der Waals surface area contributed by atoms with Gasteiger partial charge in [-0.2, -0.15) is 0 Å². The third-order valence-corrected chi connectivity index (χ3v) is 4.96. The predicted molar refractivity (Wildman–Crippen MR) is 79.2 cm³/mol. The fraction of sp³-hybridized carbons (Fsp3) is 0.600. The Bertz CT molecular complexity index is 477. The first-order valence-electron chi connectivity index (χ1n) is 7.23. The summed E-state index contributed by atoms with van der Waals surface area (Å²) in [6, 6.07) is 1.17. The van der Waals surface area contributed by atoms with E-state index in [9.17, 15) is 14.7 Å². The van der Waals surface area contributed by atoms with Crippen molar-refractivity contribution < 1.29 is 14.7 Å². The van der Waals surface area contributed by atoms with Gasteiger partial charge < -0.3 is 10.4 Å². The average Bonchev–Trinajstić information content (AvgIpc) is 2.93. The number of hydrogen-bond acceptors (Lipinski definition) is 3. The molecule has 1 aromatic rings. The van der Waals surface area contributed by atoms with Crippen LogP contribution in [0.15, 0.2) is 11.4 Å². The van der Waals surface area contributed by atoms with Crippen molar-refractivity contribution >= 4 is 23.2 Å². The maximum atomic E-state index is 12.3. The number of hydrogen-bond donors (Lipinski definition) is 2. The summed E-state index contributed by atoms with van der Waals surface area (Å²) in [7, 11) is 0. The molecule has 0 aromatic carbocycles. The summed E-state index contributed by atoms with van der Waals surface area (Å²) < 4.78 is 0. The topological polar surface area (TPSA) is 66.4 Å². The van der Waals surface area contributed by atoms with Crippen molar-refractivity contribution in [2.24, 2.45) is 5.92 Å². The van der Waals surface area contributed by atoms with E-state index in [-0.39, 0.29) is 11.8 Å². The SMILES string of the molecule is CCc1ccsc1C(=O)NC(C(=O)O)C1CCCCC1. The molecule has 1 aromatic heterocycles. The Morgan fingerprint density at radius 2 is 2.10 bits per heavy atom. The van der Waals surface area contributed by atoms with Crippen molar-refractivity contribution in [1.29, 1.82) is 0 Å². The number of nitrogens with one attached hydrogen (secondary N) is 1. The van der Waals surface area contributed by atoms with Crippen molar-refractivity contribution in [2.75, 3.05) is 0 Å². The quantitative estimate of drug-likeness (QED) is 0.877. The lowest BCUT2D eigenvalue weighted by atomic mass is 9.84. The number of rotatable bonds is 5. The zero-order valence-electron chi connectivity index (χ0n) is 11.7. The zero-order valence-corrected chi connectivity index (χ0v) is 12.5. The minimum Gasteiger partial charge on any atom is -0.480 e. The molecule has 0 aliphatic heterocycles. The molecule has 0 radical (unpaired) electrons. The van der Waals surface area contributed by atoms with E-state index >= 15 is 0 Å². The third kappa shape index (κ3) is 3.39. The first-order valence-corrected chi connectivity index (χ1v) is 8.11. The van der Waals surface area contributed by atoms with Crippen molar-refractivity contribution in [1.82, 2.24) is 5.32 Å². The summed E-state index contributed by atoms with van der Waals surface area (Å²) in [4.78, 5) is 24.4. The molecule has 5 heteroatoms. The van der Waals surface area contributed by atoms with E-state index in [1.54, 1.807) is 0 Å². The van der Waals surface area contributed by atoms with Crippen molar-refractivity contribution in [3.8, 4) is 0 Å². The molecule has 110 valence electrons. The lowest BCUT2D eigenvalue weighted by molar-refractivity contribution is -0.141. The highest BCUT2D eigenvalue weighted by Crippen LogP contribution is 2.27. The van der Waals surface area contributed by atoms with Gasteiger partial charge in [0.05, 0.1) is 4.88 Å². The van der Waals surface area contributed by atoms with Crippen molar-refractivity contribution in [3.05, 3.63) is 21.9 Å². The van der Waals surface area contributed by atoms with Crippen LogP contribution in [0.4, 0.5) is 0 Å². The van der Waals surface area contributed by atoms with E-state index in [1.165, 1.54) is 17.8 Å². The molecule has 1 amide bonds. The highest BCUT2D eigenvalue weighted by Gasteiger charge is 2.31. The molecule has 0 spiro atoms. The van der Waals surface area contributed by atoms with Crippen LogP contribution in [0.5, 0.6) is 0 Å². The second-order valence-electron chi connectivity index (χ2n) is 5.32. The largest absolute Gasteiger partial charge is 0.480 e. The average molecular weight is 295 g/mol. The molecule has 20 heavy (non-hydrogen) atoms. The number of carboxylic acids is 1. The molecule has 1 heterocycles. The predicted octanol–water partition coefficient (Wildman–Crippen LogP) is 3.07. The van der Waals surface area contributed by atoms with Gasteiger partial charge in [-0.15, -0.1) is 11.3 Å². The molecular weight excluding hydrogens is 274 g/mol. The van der Waals surface area contributed by atoms with Crippen molar-refractivity contribution in [3.63, 3.8) is 0 Å². The van der Waals surface area contributed by atoms with E-state index in [2.05, 4.69) is 5.32 Å². The lowest BCUT2D eigenvalue weighted by Crippen LogP contribution is -2.46. The maximum Gasteiger partial charge on any atom is 0.326 e. The first-order chi connectivity index (χ1) is 9.63. The molecule has 1 aliphatic rings. The van der Waals surface area contributed by atoms with E-state index in [4.69, 9.17) is 0 Å². The fourth-order valence-corrected chi connectivity index (χ4v) is 3.77. The summed E-state index contributed by atoms with van der Waals surface area (Å²) in [6.45, 7) is 1.99. The minimum absolute atomic E-state index is 0.0650. The van der Waals surface area contributed by atoms with Crippen LogP contribution in [0.25, 0.3) is 0 Å². The summed E-state index contributed by atoms with van der Waals surface area (Å²) in [5, 5.41) is 14.0. The van der Waals surface area contributed by atoms with Gasteiger partial charge in [0.2, 0.25) is 0 Å². The number of carbonyl (C=O) groups is 2. The second kappa shape index (κ2) is 6.88. The van der Waals surface area contributed by atoms with E-state index in [1.807, 2.05) is 18.4 Å². The van der Waals surface area contributed by atoms with Crippen LogP contribution in [-0.2, 0) is 11.2 Å². The molecule has 4 nitrogen and oxygen atoms in total.